The summed E-state index contributed by atoms with van der Waals surface area (Å²) in [6, 6.07) is 3.64. The highest BCUT2D eigenvalue weighted by Gasteiger charge is 2.58. The van der Waals surface area contributed by atoms with Crippen molar-refractivity contribution >= 4 is 21.6 Å². The Morgan fingerprint density at radius 2 is 1.97 bits per heavy atom. The van der Waals surface area contributed by atoms with Gasteiger partial charge in [0, 0.05) is 39.2 Å². The average molecular weight is 464 g/mol. The number of carbonyl (C=O) groups excluding carboxylic acids is 1. The minimum absolute atomic E-state index is 0.0222. The van der Waals surface area contributed by atoms with Crippen molar-refractivity contribution in [2.75, 3.05) is 26.0 Å². The van der Waals surface area contributed by atoms with Crippen LogP contribution in [0.4, 0.5) is 18.9 Å². The van der Waals surface area contributed by atoms with Crippen LogP contribution in [0.3, 0.4) is 0 Å². The van der Waals surface area contributed by atoms with E-state index in [0.717, 1.165) is 21.1 Å². The van der Waals surface area contributed by atoms with E-state index in [0.29, 0.717) is 0 Å². The Balaban J connectivity index is 2.38. The van der Waals surface area contributed by atoms with Crippen molar-refractivity contribution < 1.29 is 36.2 Å². The van der Waals surface area contributed by atoms with E-state index >= 15 is 0 Å². The lowest BCUT2D eigenvalue weighted by atomic mass is 9.97. The highest BCUT2D eigenvalue weighted by Crippen LogP contribution is 2.41. The summed E-state index contributed by atoms with van der Waals surface area (Å²) in [5.74, 6) is -1.92. The first-order valence-electron chi connectivity index (χ1n) is 9.00. The van der Waals surface area contributed by atoms with Crippen LogP contribution in [0, 0.1) is 0 Å². The quantitative estimate of drug-likeness (QED) is 0.617. The maximum absolute atomic E-state index is 13.6. The van der Waals surface area contributed by atoms with Gasteiger partial charge in [-0.2, -0.15) is 13.2 Å². The minimum Gasteiger partial charge on any atom is -0.492 e. The van der Waals surface area contributed by atoms with E-state index < -0.39 is 40.0 Å². The Labute approximate surface area is 177 Å². The smallest absolute Gasteiger partial charge is 0.425 e. The van der Waals surface area contributed by atoms with E-state index in [4.69, 9.17) is 4.74 Å². The molecular weight excluding hydrogens is 441 g/mol. The van der Waals surface area contributed by atoms with E-state index in [2.05, 4.69) is 10.3 Å². The zero-order chi connectivity index (χ0) is 23.6. The van der Waals surface area contributed by atoms with Crippen LogP contribution in [0.15, 0.2) is 35.5 Å². The van der Waals surface area contributed by atoms with Gasteiger partial charge in [0.25, 0.3) is 0 Å². The average Bonchev–Trinajstić information content (AvgIpc) is 3.08. The van der Waals surface area contributed by atoms with Crippen molar-refractivity contribution in [1.82, 2.24) is 13.9 Å². The topological polar surface area (TPSA) is 114 Å². The molecule has 1 unspecified atom stereocenters. The van der Waals surface area contributed by atoms with Gasteiger partial charge in [-0.3, -0.25) is 4.79 Å². The van der Waals surface area contributed by atoms with Crippen LogP contribution in [0.25, 0.3) is 0 Å². The number of aliphatic hydroxyl groups is 1. The molecule has 0 saturated carbocycles. The van der Waals surface area contributed by atoms with Crippen molar-refractivity contribution in [2.45, 2.75) is 30.0 Å². The summed E-state index contributed by atoms with van der Waals surface area (Å²) >= 11 is 0. The second-order valence-corrected chi connectivity index (χ2v) is 8.95. The number of aryl methyl sites for hydroxylation is 1. The molecule has 0 aliphatic rings. The second-order valence-electron chi connectivity index (χ2n) is 6.83. The molecule has 0 aliphatic carbocycles. The molecule has 9 nitrogen and oxygen atoms in total. The molecular formula is C18H23F3N4O5S. The van der Waals surface area contributed by atoms with Gasteiger partial charge in [-0.25, -0.2) is 17.7 Å². The number of nitrogens with zero attached hydrogens (tertiary/aromatic N) is 3. The maximum Gasteiger partial charge on any atom is 0.425 e. The number of hydrogen-bond donors (Lipinski definition) is 2. The standard InChI is InChI=1S/C18H23F3N4O5S/c1-5-30-13-7-6-12(10-14(13)31(28,29)24(2)3)23-15(26)11-17(27,18(19,20)21)16-22-8-9-25(16)4/h6-10,27H,5,11H2,1-4H3,(H,23,26). The van der Waals surface area contributed by atoms with E-state index in [1.54, 1.807) is 6.92 Å². The van der Waals surface area contributed by atoms with E-state index in [1.807, 2.05) is 0 Å². The summed E-state index contributed by atoms with van der Waals surface area (Å²) in [7, 11) is -0.125. The fourth-order valence-electron chi connectivity index (χ4n) is 2.77. The summed E-state index contributed by atoms with van der Waals surface area (Å²) in [4.78, 5) is 15.6. The summed E-state index contributed by atoms with van der Waals surface area (Å²) < 4.78 is 73.1. The summed E-state index contributed by atoms with van der Waals surface area (Å²) in [5.41, 5.74) is -3.63. The fraction of sp³-hybridized carbons (Fsp3) is 0.444. The molecule has 0 fully saturated rings. The fourth-order valence-corrected chi connectivity index (χ4v) is 3.82. The van der Waals surface area contributed by atoms with Gasteiger partial charge in [-0.05, 0) is 25.1 Å². The Kier molecular flexibility index (Phi) is 7.03. The minimum atomic E-state index is -5.19. The Morgan fingerprint density at radius 1 is 1.32 bits per heavy atom. The molecule has 1 atom stereocenters. The van der Waals surface area contributed by atoms with Crippen LogP contribution in [0.1, 0.15) is 19.2 Å². The maximum atomic E-state index is 13.6. The van der Waals surface area contributed by atoms with Gasteiger partial charge in [0.15, 0.2) is 5.82 Å². The lowest BCUT2D eigenvalue weighted by Gasteiger charge is -2.29. The van der Waals surface area contributed by atoms with Gasteiger partial charge >= 0.3 is 6.18 Å². The molecule has 13 heteroatoms. The molecule has 0 aliphatic heterocycles. The SMILES string of the molecule is CCOc1ccc(NC(=O)CC(O)(c2nccn2C)C(F)(F)F)cc1S(=O)(=O)N(C)C. The molecule has 31 heavy (non-hydrogen) atoms. The highest BCUT2D eigenvalue weighted by molar-refractivity contribution is 7.89. The molecule has 1 aromatic heterocycles. The molecule has 0 bridgehead atoms. The number of imidazole rings is 1. The normalized spacial score (nSPS) is 14.4. The van der Waals surface area contributed by atoms with Crippen LogP contribution in [-0.2, 0) is 27.5 Å². The number of carbonyl (C=O) groups is 1. The number of benzene rings is 1. The predicted octanol–water partition coefficient (Wildman–Crippen LogP) is 1.85. The molecule has 2 rings (SSSR count). The van der Waals surface area contributed by atoms with Gasteiger partial charge in [-0.1, -0.05) is 0 Å². The zero-order valence-corrected chi connectivity index (χ0v) is 18.1. The Bertz CT molecular complexity index is 1050. The number of amides is 1. The molecule has 1 amide bonds. The van der Waals surface area contributed by atoms with Crippen molar-refractivity contribution in [2.24, 2.45) is 7.05 Å². The van der Waals surface area contributed by atoms with Gasteiger partial charge in [0.05, 0.1) is 13.0 Å². The summed E-state index contributed by atoms with van der Waals surface area (Å²) in [6.07, 6.45) is -4.31. The summed E-state index contributed by atoms with van der Waals surface area (Å²) in [6.45, 7) is 1.82. The third-order valence-electron chi connectivity index (χ3n) is 4.36. The molecule has 2 aromatic rings. The molecule has 172 valence electrons. The zero-order valence-electron chi connectivity index (χ0n) is 17.3. The lowest BCUT2D eigenvalue weighted by molar-refractivity contribution is -0.270. The molecule has 0 saturated heterocycles. The van der Waals surface area contributed by atoms with E-state index in [1.165, 1.54) is 39.5 Å². The predicted molar refractivity (Wildman–Crippen MR) is 105 cm³/mol. The van der Waals surface area contributed by atoms with Gasteiger partial charge in [0.1, 0.15) is 10.6 Å². The number of halogens is 3. The largest absolute Gasteiger partial charge is 0.492 e. The van der Waals surface area contributed by atoms with Crippen molar-refractivity contribution in [3.63, 3.8) is 0 Å². The monoisotopic (exact) mass is 464 g/mol. The first-order valence-corrected chi connectivity index (χ1v) is 10.4. The number of rotatable bonds is 8. The molecule has 0 spiro atoms. The highest BCUT2D eigenvalue weighted by atomic mass is 32.2. The van der Waals surface area contributed by atoms with Crippen LogP contribution in [0.2, 0.25) is 0 Å². The number of nitrogens with one attached hydrogen (secondary N) is 1. The van der Waals surface area contributed by atoms with Crippen molar-refractivity contribution in [3.8, 4) is 5.75 Å². The van der Waals surface area contributed by atoms with Crippen LogP contribution in [0.5, 0.6) is 5.75 Å². The van der Waals surface area contributed by atoms with Crippen molar-refractivity contribution in [1.29, 1.82) is 0 Å². The Morgan fingerprint density at radius 3 is 2.45 bits per heavy atom. The number of aromatic nitrogens is 2. The first kappa shape index (κ1) is 24.6. The van der Waals surface area contributed by atoms with Crippen LogP contribution < -0.4 is 10.1 Å². The summed E-state index contributed by atoms with van der Waals surface area (Å²) in [5, 5.41) is 12.5. The van der Waals surface area contributed by atoms with Crippen LogP contribution in [-0.4, -0.2) is 60.2 Å². The molecule has 1 heterocycles. The number of hydrogen-bond acceptors (Lipinski definition) is 6. The third kappa shape index (κ3) is 4.99. The molecule has 0 radical (unpaired) electrons. The lowest BCUT2D eigenvalue weighted by Crippen LogP contribution is -2.46. The molecule has 2 N–H and O–H groups in total. The third-order valence-corrected chi connectivity index (χ3v) is 6.20. The molecule has 1 aromatic carbocycles. The number of sulfonamides is 1. The van der Waals surface area contributed by atoms with E-state index in [9.17, 15) is 31.5 Å². The van der Waals surface area contributed by atoms with Gasteiger partial charge in [0.2, 0.25) is 21.5 Å². The van der Waals surface area contributed by atoms with Crippen LogP contribution >= 0.6 is 0 Å². The van der Waals surface area contributed by atoms with Gasteiger partial charge in [-0.15, -0.1) is 0 Å². The van der Waals surface area contributed by atoms with Crippen molar-refractivity contribution in [3.05, 3.63) is 36.4 Å². The van der Waals surface area contributed by atoms with Gasteiger partial charge < -0.3 is 19.7 Å². The number of alkyl halides is 3. The first-order chi connectivity index (χ1) is 14.2. The number of anilines is 1. The number of ether oxygens (including phenoxy) is 1. The second kappa shape index (κ2) is 8.85. The van der Waals surface area contributed by atoms with E-state index in [-0.39, 0.29) is 22.9 Å². The Hall–Kier alpha value is -2.64.